The van der Waals surface area contributed by atoms with Crippen molar-refractivity contribution in [3.05, 3.63) is 23.9 Å². The fourth-order valence-corrected chi connectivity index (χ4v) is 5.39. The Labute approximate surface area is 206 Å². The third kappa shape index (κ3) is 4.74. The molecular weight excluding hydrogens is 448 g/mol. The Bertz CT molecular complexity index is 1120. The molecule has 190 valence electrons. The van der Waals surface area contributed by atoms with E-state index in [4.69, 9.17) is 9.47 Å². The molecule has 1 aromatic heterocycles. The van der Waals surface area contributed by atoms with Gasteiger partial charge in [-0.3, -0.25) is 14.4 Å². The summed E-state index contributed by atoms with van der Waals surface area (Å²) in [7, 11) is 3.19. The zero-order valence-corrected chi connectivity index (χ0v) is 21.1. The summed E-state index contributed by atoms with van der Waals surface area (Å²) in [5.74, 6) is -0.0794. The first kappa shape index (κ1) is 25.0. The number of anilines is 1. The molecule has 2 heterocycles. The lowest BCUT2D eigenvalue weighted by Gasteiger charge is -2.45. The summed E-state index contributed by atoms with van der Waals surface area (Å²) in [6.07, 6.45) is 5.92. The Morgan fingerprint density at radius 1 is 1.17 bits per heavy atom. The molecule has 2 N–H and O–H groups in total. The summed E-state index contributed by atoms with van der Waals surface area (Å²) in [6.45, 7) is 4.38. The van der Waals surface area contributed by atoms with Crippen molar-refractivity contribution in [2.45, 2.75) is 70.5 Å². The maximum atomic E-state index is 14.1. The summed E-state index contributed by atoms with van der Waals surface area (Å²) in [5, 5.41) is 6.80. The van der Waals surface area contributed by atoms with E-state index in [0.717, 1.165) is 31.2 Å². The molecule has 1 atom stereocenters. The van der Waals surface area contributed by atoms with Gasteiger partial charge in [0.25, 0.3) is 5.91 Å². The predicted octanol–water partition coefficient (Wildman–Crippen LogP) is 3.31. The highest BCUT2D eigenvalue weighted by molar-refractivity contribution is 6.14. The average molecular weight is 485 g/mol. The van der Waals surface area contributed by atoms with Crippen LogP contribution in [0, 0.1) is 0 Å². The molecule has 9 nitrogen and oxygen atoms in total. The van der Waals surface area contributed by atoms with E-state index in [1.807, 2.05) is 29.7 Å². The zero-order valence-electron chi connectivity index (χ0n) is 21.1. The van der Waals surface area contributed by atoms with Gasteiger partial charge in [-0.25, -0.2) is 0 Å². The number of hydrogen-bond donors (Lipinski definition) is 2. The van der Waals surface area contributed by atoms with Crippen LogP contribution in [0.3, 0.4) is 0 Å². The molecule has 2 aliphatic rings. The molecule has 35 heavy (non-hydrogen) atoms. The summed E-state index contributed by atoms with van der Waals surface area (Å²) >= 11 is 0. The van der Waals surface area contributed by atoms with Crippen LogP contribution in [-0.2, 0) is 20.9 Å². The first-order chi connectivity index (χ1) is 16.8. The number of carbonyl (C=O) groups excluding carboxylic acids is 3. The second kappa shape index (κ2) is 10.3. The summed E-state index contributed by atoms with van der Waals surface area (Å²) in [4.78, 5) is 41.6. The molecule has 0 unspecified atom stereocenters. The van der Waals surface area contributed by atoms with E-state index >= 15 is 0 Å². The number of rotatable bonds is 8. The third-order valence-corrected chi connectivity index (χ3v) is 7.24. The molecule has 1 aliphatic carbocycles. The van der Waals surface area contributed by atoms with Crippen LogP contribution in [0.5, 0.6) is 5.75 Å². The first-order valence-electron chi connectivity index (χ1n) is 12.4. The molecule has 0 spiro atoms. The minimum atomic E-state index is -1.09. The van der Waals surface area contributed by atoms with Gasteiger partial charge in [-0.15, -0.1) is 0 Å². The topological polar surface area (TPSA) is 102 Å². The maximum absolute atomic E-state index is 14.1. The number of methoxy groups -OCH3 is 2. The Kier molecular flexibility index (Phi) is 7.35. The highest BCUT2D eigenvalue weighted by atomic mass is 16.5. The minimum absolute atomic E-state index is 0.131. The van der Waals surface area contributed by atoms with E-state index in [1.54, 1.807) is 19.1 Å². The van der Waals surface area contributed by atoms with Crippen LogP contribution in [-0.4, -0.2) is 66.1 Å². The number of carbonyl (C=O) groups is 3. The average Bonchev–Trinajstić information content (AvgIpc) is 3.13. The Morgan fingerprint density at radius 2 is 1.91 bits per heavy atom. The molecule has 4 rings (SSSR count). The lowest BCUT2D eigenvalue weighted by Crippen LogP contribution is -2.65. The fraction of sp³-hybridized carbons (Fsp3) is 0.577. The largest absolute Gasteiger partial charge is 0.497 e. The second-order valence-electron chi connectivity index (χ2n) is 9.76. The van der Waals surface area contributed by atoms with Gasteiger partial charge in [-0.2, -0.15) is 0 Å². The van der Waals surface area contributed by atoms with Crippen LogP contribution >= 0.6 is 0 Å². The Morgan fingerprint density at radius 3 is 2.57 bits per heavy atom. The number of hydrogen-bond acceptors (Lipinski definition) is 5. The molecule has 9 heteroatoms. The van der Waals surface area contributed by atoms with E-state index in [9.17, 15) is 14.4 Å². The van der Waals surface area contributed by atoms with Crippen molar-refractivity contribution in [1.29, 1.82) is 0 Å². The van der Waals surface area contributed by atoms with Gasteiger partial charge in [-0.1, -0.05) is 19.3 Å². The lowest BCUT2D eigenvalue weighted by atomic mass is 9.91. The predicted molar refractivity (Wildman–Crippen MR) is 134 cm³/mol. The molecular formula is C26H36N4O5. The van der Waals surface area contributed by atoms with Crippen molar-refractivity contribution in [1.82, 2.24) is 14.8 Å². The van der Waals surface area contributed by atoms with Crippen molar-refractivity contribution in [3.8, 4) is 5.75 Å². The second-order valence-corrected chi connectivity index (χ2v) is 9.76. The van der Waals surface area contributed by atoms with Gasteiger partial charge in [0.2, 0.25) is 11.8 Å². The number of fused-ring (bicyclic) bond motifs is 3. The number of aromatic nitrogens is 1. The van der Waals surface area contributed by atoms with Gasteiger partial charge in [-0.05, 0) is 44.4 Å². The van der Waals surface area contributed by atoms with Crippen LogP contribution in [0.1, 0.15) is 62.9 Å². The van der Waals surface area contributed by atoms with Crippen LogP contribution in [0.4, 0.5) is 5.69 Å². The third-order valence-electron chi connectivity index (χ3n) is 7.24. The summed E-state index contributed by atoms with van der Waals surface area (Å²) < 4.78 is 12.5. The smallest absolute Gasteiger partial charge is 0.273 e. The van der Waals surface area contributed by atoms with Crippen LogP contribution in [0.25, 0.3) is 10.9 Å². The minimum Gasteiger partial charge on any atom is -0.497 e. The van der Waals surface area contributed by atoms with Gasteiger partial charge >= 0.3 is 0 Å². The Balaban J connectivity index is 1.81. The van der Waals surface area contributed by atoms with Crippen LogP contribution < -0.4 is 15.4 Å². The van der Waals surface area contributed by atoms with E-state index < -0.39 is 5.54 Å². The van der Waals surface area contributed by atoms with E-state index in [0.29, 0.717) is 42.1 Å². The van der Waals surface area contributed by atoms with Gasteiger partial charge in [0.15, 0.2) is 0 Å². The molecule has 2 aromatic rings. The van der Waals surface area contributed by atoms with E-state index in [2.05, 4.69) is 10.6 Å². The Hall–Kier alpha value is -3.07. The fourth-order valence-electron chi connectivity index (χ4n) is 5.39. The molecule has 0 bridgehead atoms. The SMILES string of the molecule is COCCCN1C(=O)c2c(NC(C)=O)c3cc(OC)ccc3n2C[C@@]1(C)C(=O)NC1CCCCC1. The number of nitrogens with zero attached hydrogens (tertiary/aromatic N) is 2. The molecule has 1 aliphatic heterocycles. The van der Waals surface area contributed by atoms with Gasteiger partial charge in [0.05, 0.1) is 24.9 Å². The van der Waals surface area contributed by atoms with E-state index in [-0.39, 0.29) is 30.3 Å². The number of nitrogens with one attached hydrogen (secondary N) is 2. The van der Waals surface area contributed by atoms with Crippen LogP contribution in [0.15, 0.2) is 18.2 Å². The van der Waals surface area contributed by atoms with Crippen molar-refractivity contribution >= 4 is 34.3 Å². The number of benzene rings is 1. The molecule has 3 amide bonds. The summed E-state index contributed by atoms with van der Waals surface area (Å²) in [6, 6.07) is 5.64. The zero-order chi connectivity index (χ0) is 25.2. The van der Waals surface area contributed by atoms with E-state index in [1.165, 1.54) is 13.3 Å². The van der Waals surface area contributed by atoms with Crippen molar-refractivity contribution in [3.63, 3.8) is 0 Å². The van der Waals surface area contributed by atoms with Crippen molar-refractivity contribution in [2.75, 3.05) is 32.7 Å². The quantitative estimate of drug-likeness (QED) is 0.560. The molecule has 1 aromatic carbocycles. The number of amides is 3. The summed E-state index contributed by atoms with van der Waals surface area (Å²) in [5.41, 5.74) is 0.507. The van der Waals surface area contributed by atoms with Crippen molar-refractivity contribution in [2.24, 2.45) is 0 Å². The molecule has 0 radical (unpaired) electrons. The monoisotopic (exact) mass is 484 g/mol. The van der Waals surface area contributed by atoms with Gasteiger partial charge in [0.1, 0.15) is 17.0 Å². The number of ether oxygens (including phenoxy) is 2. The highest BCUT2D eigenvalue weighted by Crippen LogP contribution is 2.40. The lowest BCUT2D eigenvalue weighted by molar-refractivity contribution is -0.134. The van der Waals surface area contributed by atoms with Gasteiger partial charge in [0, 0.05) is 38.6 Å². The maximum Gasteiger partial charge on any atom is 0.273 e. The van der Waals surface area contributed by atoms with Crippen molar-refractivity contribution < 1.29 is 23.9 Å². The molecule has 1 saturated carbocycles. The van der Waals surface area contributed by atoms with Gasteiger partial charge < -0.3 is 29.6 Å². The standard InChI is InChI=1S/C26H36N4O5/c1-17(31)27-22-20-15-19(35-4)11-12-21(20)29-16-26(2,25(33)28-18-9-6-5-7-10-18)30(13-8-14-34-3)24(32)23(22)29/h11-12,15,18H,5-10,13-14,16H2,1-4H3,(H,27,31)(H,28,33)/t26-/m0/s1. The first-order valence-corrected chi connectivity index (χ1v) is 12.4. The highest BCUT2D eigenvalue weighted by Gasteiger charge is 2.49. The molecule has 1 fully saturated rings. The molecule has 0 saturated heterocycles. The normalized spacial score (nSPS) is 20.6. The van der Waals surface area contributed by atoms with Crippen LogP contribution in [0.2, 0.25) is 0 Å².